The molecule has 0 aliphatic carbocycles. The van der Waals surface area contributed by atoms with E-state index in [0.29, 0.717) is 5.92 Å². The standard InChI is InChI=1S/C12H22O/c1-6-8-10-12(13-5,9-7-2)11(3)4/h6-7,11H,1-2,8-10H2,3-5H3/t12-/m1/s1. The van der Waals surface area contributed by atoms with Gasteiger partial charge < -0.3 is 4.74 Å². The van der Waals surface area contributed by atoms with Crippen molar-refractivity contribution >= 4 is 0 Å². The molecule has 0 aliphatic rings. The van der Waals surface area contributed by atoms with Gasteiger partial charge in [-0.1, -0.05) is 26.0 Å². The third-order valence-electron chi connectivity index (χ3n) is 2.72. The van der Waals surface area contributed by atoms with E-state index >= 15 is 0 Å². The number of hydrogen-bond acceptors (Lipinski definition) is 1. The first-order chi connectivity index (χ1) is 6.13. The van der Waals surface area contributed by atoms with Crippen LogP contribution in [0.4, 0.5) is 0 Å². The van der Waals surface area contributed by atoms with Crippen molar-refractivity contribution < 1.29 is 4.74 Å². The Morgan fingerprint density at radius 1 is 1.31 bits per heavy atom. The molecule has 1 atom stereocenters. The third kappa shape index (κ3) is 3.35. The highest BCUT2D eigenvalue weighted by molar-refractivity contribution is 4.92. The molecule has 0 unspecified atom stereocenters. The van der Waals surface area contributed by atoms with Crippen molar-refractivity contribution in [3.63, 3.8) is 0 Å². The van der Waals surface area contributed by atoms with Gasteiger partial charge in [0.05, 0.1) is 5.60 Å². The van der Waals surface area contributed by atoms with Crippen molar-refractivity contribution in [2.24, 2.45) is 5.92 Å². The molecule has 13 heavy (non-hydrogen) atoms. The van der Waals surface area contributed by atoms with Gasteiger partial charge in [0, 0.05) is 7.11 Å². The largest absolute Gasteiger partial charge is 0.378 e. The van der Waals surface area contributed by atoms with Gasteiger partial charge >= 0.3 is 0 Å². The van der Waals surface area contributed by atoms with E-state index in [1.807, 2.05) is 12.2 Å². The van der Waals surface area contributed by atoms with Crippen molar-refractivity contribution in [1.82, 2.24) is 0 Å². The Morgan fingerprint density at radius 2 is 1.92 bits per heavy atom. The molecular formula is C12H22O. The van der Waals surface area contributed by atoms with Gasteiger partial charge in [-0.2, -0.15) is 0 Å². The van der Waals surface area contributed by atoms with Crippen LogP contribution >= 0.6 is 0 Å². The first-order valence-corrected chi connectivity index (χ1v) is 4.90. The van der Waals surface area contributed by atoms with Crippen LogP contribution in [-0.2, 0) is 4.74 Å². The van der Waals surface area contributed by atoms with Crippen LogP contribution in [0.25, 0.3) is 0 Å². The average molecular weight is 182 g/mol. The average Bonchev–Trinajstić information content (AvgIpc) is 2.12. The Morgan fingerprint density at radius 3 is 2.23 bits per heavy atom. The van der Waals surface area contributed by atoms with Gasteiger partial charge in [0.1, 0.15) is 0 Å². The zero-order valence-corrected chi connectivity index (χ0v) is 9.18. The van der Waals surface area contributed by atoms with Crippen molar-refractivity contribution in [2.75, 3.05) is 7.11 Å². The van der Waals surface area contributed by atoms with E-state index in [4.69, 9.17) is 4.74 Å². The van der Waals surface area contributed by atoms with Gasteiger partial charge in [-0.05, 0) is 25.2 Å². The summed E-state index contributed by atoms with van der Waals surface area (Å²) in [6.45, 7) is 11.9. The molecule has 0 N–H and O–H groups in total. The second kappa shape index (κ2) is 5.98. The summed E-state index contributed by atoms with van der Waals surface area (Å²) in [6.07, 6.45) is 6.82. The van der Waals surface area contributed by atoms with Crippen LogP contribution in [0.1, 0.15) is 33.1 Å². The molecule has 0 saturated heterocycles. The van der Waals surface area contributed by atoms with Crippen molar-refractivity contribution in [3.05, 3.63) is 25.3 Å². The number of allylic oxidation sites excluding steroid dienone is 1. The zero-order valence-electron chi connectivity index (χ0n) is 9.18. The normalized spacial score (nSPS) is 15.4. The Labute approximate surface area is 82.5 Å². The fraction of sp³-hybridized carbons (Fsp3) is 0.667. The lowest BCUT2D eigenvalue weighted by atomic mass is 9.83. The second-order valence-electron chi connectivity index (χ2n) is 3.74. The fourth-order valence-corrected chi connectivity index (χ4v) is 1.64. The van der Waals surface area contributed by atoms with Crippen molar-refractivity contribution in [1.29, 1.82) is 0 Å². The number of methoxy groups -OCH3 is 1. The van der Waals surface area contributed by atoms with Crippen LogP contribution in [0.5, 0.6) is 0 Å². The summed E-state index contributed by atoms with van der Waals surface area (Å²) in [6, 6.07) is 0. The molecule has 1 nitrogen and oxygen atoms in total. The van der Waals surface area contributed by atoms with Crippen molar-refractivity contribution in [2.45, 2.75) is 38.7 Å². The molecule has 0 amide bonds. The lowest BCUT2D eigenvalue weighted by molar-refractivity contribution is -0.0511. The molecule has 0 aromatic heterocycles. The van der Waals surface area contributed by atoms with Crippen LogP contribution in [-0.4, -0.2) is 12.7 Å². The van der Waals surface area contributed by atoms with E-state index in [1.165, 1.54) is 0 Å². The van der Waals surface area contributed by atoms with Gasteiger partial charge in [-0.15, -0.1) is 13.2 Å². The van der Waals surface area contributed by atoms with E-state index in [-0.39, 0.29) is 5.60 Å². The van der Waals surface area contributed by atoms with E-state index < -0.39 is 0 Å². The van der Waals surface area contributed by atoms with Crippen LogP contribution in [0.15, 0.2) is 25.3 Å². The highest BCUT2D eigenvalue weighted by atomic mass is 16.5. The van der Waals surface area contributed by atoms with Crippen molar-refractivity contribution in [3.8, 4) is 0 Å². The van der Waals surface area contributed by atoms with Gasteiger partial charge in [0.25, 0.3) is 0 Å². The van der Waals surface area contributed by atoms with Crippen LogP contribution in [0, 0.1) is 5.92 Å². The molecule has 0 aromatic rings. The lowest BCUT2D eigenvalue weighted by Crippen LogP contribution is -2.36. The molecule has 1 heteroatoms. The molecule has 0 aromatic carbocycles. The summed E-state index contributed by atoms with van der Waals surface area (Å²) < 4.78 is 5.62. The Hall–Kier alpha value is -0.560. The molecule has 0 spiro atoms. The lowest BCUT2D eigenvalue weighted by Gasteiger charge is -2.35. The summed E-state index contributed by atoms with van der Waals surface area (Å²) in [5, 5.41) is 0. The molecule has 0 heterocycles. The summed E-state index contributed by atoms with van der Waals surface area (Å²) >= 11 is 0. The highest BCUT2D eigenvalue weighted by Crippen LogP contribution is 2.30. The summed E-state index contributed by atoms with van der Waals surface area (Å²) in [4.78, 5) is 0. The minimum atomic E-state index is -0.0457. The molecule has 0 fully saturated rings. The maximum Gasteiger partial charge on any atom is 0.0738 e. The quantitative estimate of drug-likeness (QED) is 0.547. The molecule has 0 aliphatic heterocycles. The topological polar surface area (TPSA) is 9.23 Å². The smallest absolute Gasteiger partial charge is 0.0738 e. The van der Waals surface area contributed by atoms with Gasteiger partial charge in [-0.3, -0.25) is 0 Å². The minimum Gasteiger partial charge on any atom is -0.378 e. The fourth-order valence-electron chi connectivity index (χ4n) is 1.64. The Balaban J connectivity index is 4.42. The molecule has 0 saturated carbocycles. The summed E-state index contributed by atoms with van der Waals surface area (Å²) in [7, 11) is 1.78. The third-order valence-corrected chi connectivity index (χ3v) is 2.72. The minimum absolute atomic E-state index is 0.0457. The molecule has 0 rings (SSSR count). The van der Waals surface area contributed by atoms with Crippen LogP contribution in [0.3, 0.4) is 0 Å². The predicted octanol–water partition coefficient (Wildman–Crippen LogP) is 3.57. The summed E-state index contributed by atoms with van der Waals surface area (Å²) in [5.41, 5.74) is -0.0457. The van der Waals surface area contributed by atoms with Gasteiger partial charge in [0.15, 0.2) is 0 Å². The molecule has 0 radical (unpaired) electrons. The maximum absolute atomic E-state index is 5.62. The van der Waals surface area contributed by atoms with Gasteiger partial charge in [0.2, 0.25) is 0 Å². The first-order valence-electron chi connectivity index (χ1n) is 4.90. The predicted molar refractivity (Wildman–Crippen MR) is 58.8 cm³/mol. The monoisotopic (exact) mass is 182 g/mol. The maximum atomic E-state index is 5.62. The van der Waals surface area contributed by atoms with Gasteiger partial charge in [-0.25, -0.2) is 0 Å². The van der Waals surface area contributed by atoms with E-state index in [1.54, 1.807) is 7.11 Å². The number of hydrogen-bond donors (Lipinski definition) is 0. The number of rotatable bonds is 7. The van der Waals surface area contributed by atoms with Crippen LogP contribution in [0.2, 0.25) is 0 Å². The molecular weight excluding hydrogens is 160 g/mol. The first kappa shape index (κ1) is 12.4. The second-order valence-corrected chi connectivity index (χ2v) is 3.74. The molecule has 0 bridgehead atoms. The molecule has 76 valence electrons. The van der Waals surface area contributed by atoms with E-state index in [2.05, 4.69) is 27.0 Å². The SMILES string of the molecule is C=CCC[C@@](CC=C)(OC)C(C)C. The highest BCUT2D eigenvalue weighted by Gasteiger charge is 2.31. The van der Waals surface area contributed by atoms with Crippen LogP contribution < -0.4 is 0 Å². The Bertz CT molecular complexity index is 161. The van der Waals surface area contributed by atoms with E-state index in [0.717, 1.165) is 19.3 Å². The van der Waals surface area contributed by atoms with E-state index in [9.17, 15) is 0 Å². The Kier molecular flexibility index (Phi) is 5.72. The number of ether oxygens (including phenoxy) is 1. The summed E-state index contributed by atoms with van der Waals surface area (Å²) in [5.74, 6) is 0.510. The zero-order chi connectivity index (χ0) is 10.3.